The minimum Gasteiger partial charge on any atom is -0.354 e. The molecule has 0 radical (unpaired) electrons. The molecule has 1 atom stereocenters. The van der Waals surface area contributed by atoms with E-state index in [1.165, 1.54) is 50.9 Å². The molecule has 1 fully saturated rings. The zero-order chi connectivity index (χ0) is 16.5. The van der Waals surface area contributed by atoms with Gasteiger partial charge in [-0.25, -0.2) is 0 Å². The van der Waals surface area contributed by atoms with Gasteiger partial charge >= 0.3 is 0 Å². The highest BCUT2D eigenvalue weighted by molar-refractivity contribution is 5.85. The molecule has 1 aromatic rings. The van der Waals surface area contributed by atoms with E-state index in [0.29, 0.717) is 0 Å². The lowest BCUT2D eigenvalue weighted by molar-refractivity contribution is -0.122. The maximum Gasteiger partial charge on any atom is 0.241 e. The molecule has 0 aromatic heterocycles. The van der Waals surface area contributed by atoms with Crippen molar-refractivity contribution in [1.82, 2.24) is 10.2 Å². The van der Waals surface area contributed by atoms with Gasteiger partial charge in [-0.15, -0.1) is 24.8 Å². The summed E-state index contributed by atoms with van der Waals surface area (Å²) in [5.41, 5.74) is 8.06. The molecule has 1 aliphatic heterocycles. The van der Waals surface area contributed by atoms with Crippen LogP contribution in [0.1, 0.15) is 55.7 Å². The first-order valence-electron chi connectivity index (χ1n) is 8.99. The molecule has 1 heterocycles. The van der Waals surface area contributed by atoms with Crippen molar-refractivity contribution in [2.75, 3.05) is 26.2 Å². The predicted octanol–water partition coefficient (Wildman–Crippen LogP) is 3.61. The van der Waals surface area contributed by atoms with Gasteiger partial charge in [0.05, 0.1) is 0 Å². The zero-order valence-electron chi connectivity index (χ0n) is 15.2. The quantitative estimate of drug-likeness (QED) is 0.667. The number of carbonyl (C=O) groups excluding carboxylic acids is 1. The van der Waals surface area contributed by atoms with Gasteiger partial charge in [0.15, 0.2) is 0 Å². The summed E-state index contributed by atoms with van der Waals surface area (Å²) in [5.74, 6) is -0.0788. The van der Waals surface area contributed by atoms with Crippen molar-refractivity contribution in [2.24, 2.45) is 5.73 Å². The maximum atomic E-state index is 12.1. The third-order valence-electron chi connectivity index (χ3n) is 4.62. The molecule has 25 heavy (non-hydrogen) atoms. The number of amides is 1. The first-order valence-corrected chi connectivity index (χ1v) is 8.99. The minimum absolute atomic E-state index is 0. The van der Waals surface area contributed by atoms with Crippen LogP contribution in [0.25, 0.3) is 0 Å². The van der Waals surface area contributed by atoms with Gasteiger partial charge in [0.25, 0.3) is 0 Å². The highest BCUT2D eigenvalue weighted by Gasteiger charge is 2.14. The summed E-state index contributed by atoms with van der Waals surface area (Å²) in [6.07, 6.45) is 7.51. The van der Waals surface area contributed by atoms with Crippen LogP contribution in [-0.4, -0.2) is 37.0 Å². The topological polar surface area (TPSA) is 58.4 Å². The number of carbonyl (C=O) groups is 1. The number of likely N-dealkylation sites (tertiary alicyclic amines) is 1. The summed E-state index contributed by atoms with van der Waals surface area (Å²) in [5, 5.41) is 2.96. The van der Waals surface area contributed by atoms with E-state index in [1.54, 1.807) is 0 Å². The summed E-state index contributed by atoms with van der Waals surface area (Å²) in [6.45, 7) is 6.48. The number of hydrogen-bond donors (Lipinski definition) is 2. The van der Waals surface area contributed by atoms with Crippen LogP contribution in [-0.2, 0) is 4.79 Å². The molecule has 1 unspecified atom stereocenters. The molecule has 0 spiro atoms. The van der Waals surface area contributed by atoms with Crippen molar-refractivity contribution in [3.8, 4) is 0 Å². The summed E-state index contributed by atoms with van der Waals surface area (Å²) in [6, 6.07) is 7.27. The summed E-state index contributed by atoms with van der Waals surface area (Å²) >= 11 is 0. The van der Waals surface area contributed by atoms with E-state index in [1.807, 2.05) is 31.2 Å². The number of benzene rings is 1. The van der Waals surface area contributed by atoms with Gasteiger partial charge in [-0.2, -0.15) is 0 Å². The number of nitrogens with one attached hydrogen (secondary N) is 1. The normalized spacial score (nSPS) is 15.6. The van der Waals surface area contributed by atoms with Crippen LogP contribution >= 0.6 is 24.8 Å². The molecular weight excluding hydrogens is 357 g/mol. The summed E-state index contributed by atoms with van der Waals surface area (Å²) in [7, 11) is 0. The van der Waals surface area contributed by atoms with Crippen LogP contribution in [0, 0.1) is 6.92 Å². The molecule has 0 saturated carbocycles. The van der Waals surface area contributed by atoms with Crippen LogP contribution in [0.3, 0.4) is 0 Å². The van der Waals surface area contributed by atoms with Gasteiger partial charge in [0.1, 0.15) is 6.04 Å². The Labute approximate surface area is 164 Å². The van der Waals surface area contributed by atoms with E-state index >= 15 is 0 Å². The average Bonchev–Trinajstić information content (AvgIpc) is 2.58. The van der Waals surface area contributed by atoms with Gasteiger partial charge in [-0.05, 0) is 57.8 Å². The van der Waals surface area contributed by atoms with Crippen molar-refractivity contribution in [3.05, 3.63) is 35.4 Å². The molecule has 6 heteroatoms. The third kappa shape index (κ3) is 8.91. The molecule has 4 nitrogen and oxygen atoms in total. The van der Waals surface area contributed by atoms with Crippen molar-refractivity contribution in [3.63, 3.8) is 0 Å². The van der Waals surface area contributed by atoms with E-state index in [2.05, 4.69) is 10.2 Å². The van der Waals surface area contributed by atoms with E-state index in [4.69, 9.17) is 5.73 Å². The van der Waals surface area contributed by atoms with Crippen LogP contribution in [0.2, 0.25) is 0 Å². The van der Waals surface area contributed by atoms with E-state index in [0.717, 1.165) is 24.9 Å². The number of aryl methyl sites for hydroxylation is 1. The third-order valence-corrected chi connectivity index (χ3v) is 4.62. The van der Waals surface area contributed by atoms with Crippen LogP contribution in [0.4, 0.5) is 0 Å². The fraction of sp³-hybridized carbons (Fsp3) is 0.632. The predicted molar refractivity (Wildman–Crippen MR) is 110 cm³/mol. The summed E-state index contributed by atoms with van der Waals surface area (Å²) in [4.78, 5) is 14.6. The van der Waals surface area contributed by atoms with Gasteiger partial charge in [0, 0.05) is 6.54 Å². The minimum atomic E-state index is -0.566. The Morgan fingerprint density at radius 3 is 2.36 bits per heavy atom. The first kappa shape index (κ1) is 24.2. The average molecular weight is 390 g/mol. The smallest absolute Gasteiger partial charge is 0.241 e. The van der Waals surface area contributed by atoms with Gasteiger partial charge in [-0.3, -0.25) is 4.79 Å². The molecular formula is C19H33Cl2N3O. The highest BCUT2D eigenvalue weighted by atomic mass is 35.5. The fourth-order valence-corrected chi connectivity index (χ4v) is 3.07. The Morgan fingerprint density at radius 1 is 1.08 bits per heavy atom. The van der Waals surface area contributed by atoms with Crippen LogP contribution in [0.15, 0.2) is 24.3 Å². The van der Waals surface area contributed by atoms with Crippen LogP contribution in [0.5, 0.6) is 0 Å². The molecule has 144 valence electrons. The maximum absolute atomic E-state index is 12.1. The number of piperidine rings is 1. The standard InChI is InChI=1S/C19H31N3O.2ClH/c1-16-8-10-17(11-9-16)18(20)19(23)21-12-4-2-5-13-22-14-6-3-7-15-22;;/h8-11,18H,2-7,12-15,20H2,1H3,(H,21,23);2*1H. The van der Waals surface area contributed by atoms with Crippen LogP contribution < -0.4 is 11.1 Å². The number of nitrogens with zero attached hydrogens (tertiary/aromatic N) is 1. The molecule has 1 aliphatic rings. The largest absolute Gasteiger partial charge is 0.354 e. The SMILES string of the molecule is Cc1ccc(C(N)C(=O)NCCCCCN2CCCCC2)cc1.Cl.Cl. The Morgan fingerprint density at radius 2 is 1.72 bits per heavy atom. The molecule has 1 amide bonds. The highest BCUT2D eigenvalue weighted by Crippen LogP contribution is 2.12. The lowest BCUT2D eigenvalue weighted by Crippen LogP contribution is -2.34. The van der Waals surface area contributed by atoms with E-state index in [9.17, 15) is 4.79 Å². The van der Waals surface area contributed by atoms with Crippen molar-refractivity contribution in [2.45, 2.75) is 51.5 Å². The van der Waals surface area contributed by atoms with Crippen molar-refractivity contribution < 1.29 is 4.79 Å². The van der Waals surface area contributed by atoms with Gasteiger partial charge < -0.3 is 16.0 Å². The van der Waals surface area contributed by atoms with Crippen molar-refractivity contribution in [1.29, 1.82) is 0 Å². The zero-order valence-corrected chi connectivity index (χ0v) is 16.8. The number of rotatable bonds is 8. The second kappa shape index (κ2) is 13.4. The molecule has 0 bridgehead atoms. The van der Waals surface area contributed by atoms with E-state index in [-0.39, 0.29) is 30.7 Å². The molecule has 2 rings (SSSR count). The molecule has 1 saturated heterocycles. The lowest BCUT2D eigenvalue weighted by Gasteiger charge is -2.26. The number of unbranched alkanes of at least 4 members (excludes halogenated alkanes) is 2. The number of hydrogen-bond acceptors (Lipinski definition) is 3. The Kier molecular flexibility index (Phi) is 13.0. The monoisotopic (exact) mass is 389 g/mol. The molecule has 3 N–H and O–H groups in total. The second-order valence-electron chi connectivity index (χ2n) is 6.64. The van der Waals surface area contributed by atoms with Crippen molar-refractivity contribution >= 4 is 30.7 Å². The van der Waals surface area contributed by atoms with Gasteiger partial charge in [0.2, 0.25) is 5.91 Å². The van der Waals surface area contributed by atoms with E-state index < -0.39 is 6.04 Å². The molecule has 0 aliphatic carbocycles. The second-order valence-corrected chi connectivity index (χ2v) is 6.64. The fourth-order valence-electron chi connectivity index (χ4n) is 3.07. The lowest BCUT2D eigenvalue weighted by atomic mass is 10.1. The number of nitrogens with two attached hydrogens (primary N) is 1. The Hall–Kier alpha value is -0.810. The Balaban J connectivity index is 0.00000288. The molecule has 1 aromatic carbocycles. The first-order chi connectivity index (χ1) is 11.2. The number of halogens is 2. The van der Waals surface area contributed by atoms with Gasteiger partial charge in [-0.1, -0.05) is 42.7 Å². The Bertz CT molecular complexity index is 476. The summed E-state index contributed by atoms with van der Waals surface area (Å²) < 4.78 is 0.